The molecule has 1 aliphatic rings. The number of nitrogens with one attached hydrogen (secondary N) is 1. The predicted octanol–water partition coefficient (Wildman–Crippen LogP) is 2.06. The Labute approximate surface area is 99.1 Å². The van der Waals surface area contributed by atoms with Crippen LogP contribution in [-0.4, -0.2) is 25.2 Å². The number of carbonyl (C=O) groups excluding carboxylic acids is 1. The Morgan fingerprint density at radius 2 is 2.62 bits per heavy atom. The Bertz CT molecular complexity index is 353. The second-order valence-corrected chi connectivity index (χ2v) is 4.71. The van der Waals surface area contributed by atoms with Gasteiger partial charge in [-0.1, -0.05) is 6.07 Å². The molecule has 86 valence electrons. The number of amides is 1. The average molecular weight is 237 g/mol. The van der Waals surface area contributed by atoms with E-state index in [9.17, 15) is 4.79 Å². The first-order valence-electron chi connectivity index (χ1n) is 5.45. The lowest BCUT2D eigenvalue weighted by Crippen LogP contribution is -2.30. The van der Waals surface area contributed by atoms with Gasteiger partial charge < -0.3 is 10.1 Å². The van der Waals surface area contributed by atoms with Crippen molar-refractivity contribution in [3.05, 3.63) is 28.5 Å². The number of rotatable bonds is 4. The fraction of sp³-hybridized carbons (Fsp3) is 0.417. The van der Waals surface area contributed by atoms with E-state index in [2.05, 4.69) is 5.32 Å². The molecule has 1 aliphatic heterocycles. The van der Waals surface area contributed by atoms with Gasteiger partial charge in [0.1, 0.15) is 0 Å². The van der Waals surface area contributed by atoms with Crippen molar-refractivity contribution in [1.29, 1.82) is 0 Å². The largest absolute Gasteiger partial charge is 0.376 e. The molecule has 1 aromatic heterocycles. The van der Waals surface area contributed by atoms with Gasteiger partial charge in [0.05, 0.1) is 6.10 Å². The van der Waals surface area contributed by atoms with Gasteiger partial charge >= 0.3 is 0 Å². The van der Waals surface area contributed by atoms with Gasteiger partial charge in [-0.2, -0.15) is 0 Å². The molecule has 0 bridgehead atoms. The monoisotopic (exact) mass is 237 g/mol. The van der Waals surface area contributed by atoms with Gasteiger partial charge in [0.2, 0.25) is 5.91 Å². The van der Waals surface area contributed by atoms with Crippen molar-refractivity contribution < 1.29 is 9.53 Å². The van der Waals surface area contributed by atoms with Crippen LogP contribution in [0.3, 0.4) is 0 Å². The molecule has 1 atom stereocenters. The summed E-state index contributed by atoms with van der Waals surface area (Å²) in [5.74, 6) is -0.0519. The highest BCUT2D eigenvalue weighted by Gasteiger charge is 2.15. The summed E-state index contributed by atoms with van der Waals surface area (Å²) in [6.45, 7) is 1.44. The van der Waals surface area contributed by atoms with Crippen LogP contribution in [0.4, 0.5) is 0 Å². The van der Waals surface area contributed by atoms with Crippen molar-refractivity contribution in [2.24, 2.45) is 0 Å². The third-order valence-electron chi connectivity index (χ3n) is 2.47. The van der Waals surface area contributed by atoms with Crippen molar-refractivity contribution in [2.75, 3.05) is 13.2 Å². The van der Waals surface area contributed by atoms with Crippen molar-refractivity contribution in [3.8, 4) is 0 Å². The molecular weight excluding hydrogens is 222 g/mol. The summed E-state index contributed by atoms with van der Waals surface area (Å²) in [5, 5.41) is 4.83. The third kappa shape index (κ3) is 3.47. The van der Waals surface area contributed by atoms with Gasteiger partial charge in [-0.25, -0.2) is 0 Å². The molecule has 0 aliphatic carbocycles. The van der Waals surface area contributed by atoms with Crippen molar-refractivity contribution in [3.63, 3.8) is 0 Å². The zero-order valence-electron chi connectivity index (χ0n) is 9.02. The maximum Gasteiger partial charge on any atom is 0.244 e. The number of hydrogen-bond acceptors (Lipinski definition) is 3. The zero-order valence-corrected chi connectivity index (χ0v) is 9.83. The quantitative estimate of drug-likeness (QED) is 0.814. The summed E-state index contributed by atoms with van der Waals surface area (Å²) in [4.78, 5) is 12.5. The molecule has 0 aromatic carbocycles. The van der Waals surface area contributed by atoms with Crippen LogP contribution in [0.1, 0.15) is 17.7 Å². The number of thiophene rings is 1. The zero-order chi connectivity index (χ0) is 11.2. The highest BCUT2D eigenvalue weighted by atomic mass is 32.1. The van der Waals surface area contributed by atoms with Gasteiger partial charge in [-0.3, -0.25) is 4.79 Å². The summed E-state index contributed by atoms with van der Waals surface area (Å²) in [6.07, 6.45) is 5.76. The van der Waals surface area contributed by atoms with Crippen LogP contribution in [0, 0.1) is 0 Å². The van der Waals surface area contributed by atoms with Gasteiger partial charge in [0.15, 0.2) is 0 Å². The van der Waals surface area contributed by atoms with Crippen LogP contribution in [0.5, 0.6) is 0 Å². The van der Waals surface area contributed by atoms with E-state index in [1.807, 2.05) is 23.6 Å². The van der Waals surface area contributed by atoms with Crippen molar-refractivity contribution >= 4 is 23.3 Å². The van der Waals surface area contributed by atoms with Gasteiger partial charge in [0, 0.05) is 24.1 Å². The summed E-state index contributed by atoms with van der Waals surface area (Å²) >= 11 is 1.62. The van der Waals surface area contributed by atoms with Gasteiger partial charge in [-0.15, -0.1) is 11.3 Å². The minimum absolute atomic E-state index is 0.0519. The molecule has 2 heterocycles. The van der Waals surface area contributed by atoms with Crippen LogP contribution >= 0.6 is 11.3 Å². The van der Waals surface area contributed by atoms with E-state index in [1.54, 1.807) is 17.4 Å². The fourth-order valence-electron chi connectivity index (χ4n) is 1.62. The van der Waals surface area contributed by atoms with Crippen molar-refractivity contribution in [1.82, 2.24) is 5.32 Å². The van der Waals surface area contributed by atoms with E-state index < -0.39 is 0 Å². The average Bonchev–Trinajstić information content (AvgIpc) is 2.96. The van der Waals surface area contributed by atoms with Crippen LogP contribution in [0.2, 0.25) is 0 Å². The van der Waals surface area contributed by atoms with E-state index in [4.69, 9.17) is 4.74 Å². The second-order valence-electron chi connectivity index (χ2n) is 3.73. The Morgan fingerprint density at radius 3 is 3.31 bits per heavy atom. The van der Waals surface area contributed by atoms with E-state index >= 15 is 0 Å². The summed E-state index contributed by atoms with van der Waals surface area (Å²) in [7, 11) is 0. The summed E-state index contributed by atoms with van der Waals surface area (Å²) in [5.41, 5.74) is 0. The van der Waals surface area contributed by atoms with E-state index in [0.29, 0.717) is 6.54 Å². The second kappa shape index (κ2) is 5.82. The third-order valence-corrected chi connectivity index (χ3v) is 3.31. The molecule has 1 aromatic rings. The number of ether oxygens (including phenoxy) is 1. The highest BCUT2D eigenvalue weighted by Crippen LogP contribution is 2.11. The van der Waals surface area contributed by atoms with E-state index in [-0.39, 0.29) is 12.0 Å². The minimum atomic E-state index is -0.0519. The van der Waals surface area contributed by atoms with Crippen molar-refractivity contribution in [2.45, 2.75) is 18.9 Å². The number of carbonyl (C=O) groups is 1. The Kier molecular flexibility index (Phi) is 4.13. The molecule has 3 nitrogen and oxygen atoms in total. The van der Waals surface area contributed by atoms with Crippen LogP contribution < -0.4 is 5.32 Å². The molecule has 0 saturated carbocycles. The molecule has 1 amide bonds. The molecule has 16 heavy (non-hydrogen) atoms. The molecule has 4 heteroatoms. The molecule has 0 radical (unpaired) electrons. The topological polar surface area (TPSA) is 38.3 Å². The Hall–Kier alpha value is -1.13. The Morgan fingerprint density at radius 1 is 1.69 bits per heavy atom. The maximum atomic E-state index is 11.4. The van der Waals surface area contributed by atoms with Gasteiger partial charge in [-0.05, 0) is 30.4 Å². The molecule has 0 spiro atoms. The van der Waals surface area contributed by atoms with Crippen LogP contribution in [0.15, 0.2) is 23.6 Å². The molecule has 1 N–H and O–H groups in total. The molecule has 1 saturated heterocycles. The standard InChI is InChI=1S/C12H15NO2S/c14-12(6-5-11-4-2-8-16-11)13-9-10-3-1-7-15-10/h2,4-6,8,10H,1,3,7,9H2,(H,13,14). The predicted molar refractivity (Wildman–Crippen MR) is 65.3 cm³/mol. The first-order valence-corrected chi connectivity index (χ1v) is 6.33. The maximum absolute atomic E-state index is 11.4. The molecule has 1 fully saturated rings. The summed E-state index contributed by atoms with van der Waals surface area (Å²) in [6, 6.07) is 3.95. The van der Waals surface area contributed by atoms with E-state index in [0.717, 1.165) is 24.3 Å². The van der Waals surface area contributed by atoms with Crippen LogP contribution in [0.25, 0.3) is 6.08 Å². The SMILES string of the molecule is O=C(C=Cc1cccs1)NCC1CCCO1. The smallest absolute Gasteiger partial charge is 0.244 e. The molecule has 2 rings (SSSR count). The van der Waals surface area contributed by atoms with E-state index in [1.165, 1.54) is 0 Å². The Balaban J connectivity index is 1.71. The lowest BCUT2D eigenvalue weighted by atomic mass is 10.2. The van der Waals surface area contributed by atoms with Crippen LogP contribution in [-0.2, 0) is 9.53 Å². The van der Waals surface area contributed by atoms with Gasteiger partial charge in [0.25, 0.3) is 0 Å². The highest BCUT2D eigenvalue weighted by molar-refractivity contribution is 7.10. The lowest BCUT2D eigenvalue weighted by Gasteiger charge is -2.08. The lowest BCUT2D eigenvalue weighted by molar-refractivity contribution is -0.116. The minimum Gasteiger partial charge on any atom is -0.376 e. The fourth-order valence-corrected chi connectivity index (χ4v) is 2.24. The number of hydrogen-bond donors (Lipinski definition) is 1. The normalized spacial score (nSPS) is 20.4. The first-order chi connectivity index (χ1) is 7.84. The molecule has 1 unspecified atom stereocenters. The first kappa shape index (κ1) is 11.4. The summed E-state index contributed by atoms with van der Waals surface area (Å²) < 4.78 is 5.42. The molecular formula is C12H15NO2S.